The highest BCUT2D eigenvalue weighted by atomic mass is 16.2. The van der Waals surface area contributed by atoms with Gasteiger partial charge in [-0.3, -0.25) is 4.90 Å². The fraction of sp³-hybridized carbons (Fsp3) is 0.650. The molecule has 0 bridgehead atoms. The van der Waals surface area contributed by atoms with Crippen LogP contribution in [0.1, 0.15) is 44.9 Å². The van der Waals surface area contributed by atoms with E-state index < -0.39 is 0 Å². The van der Waals surface area contributed by atoms with Crippen LogP contribution in [0.25, 0.3) is 0 Å². The highest BCUT2D eigenvalue weighted by Gasteiger charge is 2.22. The van der Waals surface area contributed by atoms with Gasteiger partial charge < -0.3 is 15.5 Å². The number of urea groups is 1. The molecule has 0 unspecified atom stereocenters. The van der Waals surface area contributed by atoms with Gasteiger partial charge in [0.2, 0.25) is 0 Å². The van der Waals surface area contributed by atoms with Crippen molar-refractivity contribution in [1.82, 2.24) is 20.4 Å². The summed E-state index contributed by atoms with van der Waals surface area (Å²) < 4.78 is 0. The third-order valence-corrected chi connectivity index (χ3v) is 5.10. The quantitative estimate of drug-likeness (QED) is 0.881. The Kier molecular flexibility index (Phi) is 6.47. The molecule has 5 heteroatoms. The monoisotopic (exact) mass is 346 g/mol. The molecule has 0 spiro atoms. The van der Waals surface area contributed by atoms with E-state index in [2.05, 4.69) is 79.6 Å². The van der Waals surface area contributed by atoms with Crippen LogP contribution in [0, 0.1) is 0 Å². The summed E-state index contributed by atoms with van der Waals surface area (Å²) in [6.45, 7) is 12.4. The first-order valence-corrected chi connectivity index (χ1v) is 9.20. The first-order valence-electron chi connectivity index (χ1n) is 9.20. The zero-order valence-corrected chi connectivity index (χ0v) is 16.6. The van der Waals surface area contributed by atoms with Gasteiger partial charge in [-0.1, -0.05) is 45.0 Å². The molecule has 140 valence electrons. The smallest absolute Gasteiger partial charge is 0.315 e. The molecule has 0 aromatic heterocycles. The van der Waals surface area contributed by atoms with E-state index in [9.17, 15) is 4.79 Å². The van der Waals surface area contributed by atoms with Gasteiger partial charge in [0.1, 0.15) is 0 Å². The van der Waals surface area contributed by atoms with Crippen molar-refractivity contribution < 1.29 is 4.79 Å². The predicted molar refractivity (Wildman–Crippen MR) is 104 cm³/mol. The Hall–Kier alpha value is -1.59. The van der Waals surface area contributed by atoms with E-state index in [0.29, 0.717) is 12.6 Å². The molecule has 1 heterocycles. The molecule has 0 radical (unpaired) electrons. The summed E-state index contributed by atoms with van der Waals surface area (Å²) in [4.78, 5) is 16.9. The van der Waals surface area contributed by atoms with Gasteiger partial charge >= 0.3 is 6.03 Å². The first kappa shape index (κ1) is 19.7. The number of nitrogens with zero attached hydrogens (tertiary/aromatic N) is 2. The fourth-order valence-corrected chi connectivity index (χ4v) is 3.14. The molecule has 2 amide bonds. The zero-order valence-electron chi connectivity index (χ0n) is 16.6. The number of piperazine rings is 1. The van der Waals surface area contributed by atoms with E-state index in [4.69, 9.17) is 0 Å². The fourth-order valence-electron chi connectivity index (χ4n) is 3.14. The third-order valence-electron chi connectivity index (χ3n) is 5.10. The minimum absolute atomic E-state index is 0.0132. The van der Waals surface area contributed by atoms with E-state index in [1.54, 1.807) is 0 Å². The Morgan fingerprint density at radius 2 is 1.84 bits per heavy atom. The number of benzene rings is 1. The zero-order chi connectivity index (χ0) is 18.6. The van der Waals surface area contributed by atoms with Crippen molar-refractivity contribution in [2.24, 2.45) is 0 Å². The summed E-state index contributed by atoms with van der Waals surface area (Å²) >= 11 is 0. The maximum Gasteiger partial charge on any atom is 0.315 e. The van der Waals surface area contributed by atoms with E-state index in [1.165, 1.54) is 5.56 Å². The second-order valence-electron chi connectivity index (χ2n) is 8.34. The van der Waals surface area contributed by atoms with E-state index >= 15 is 0 Å². The summed E-state index contributed by atoms with van der Waals surface area (Å²) in [7, 11) is 4.25. The van der Waals surface area contributed by atoms with Crippen molar-refractivity contribution in [3.8, 4) is 0 Å². The van der Waals surface area contributed by atoms with Crippen LogP contribution >= 0.6 is 0 Å². The summed E-state index contributed by atoms with van der Waals surface area (Å²) in [5.74, 6) is 0. The number of amides is 2. The van der Waals surface area contributed by atoms with Gasteiger partial charge in [-0.2, -0.15) is 0 Å². The Morgan fingerprint density at radius 3 is 2.44 bits per heavy atom. The van der Waals surface area contributed by atoms with Crippen LogP contribution in [0.2, 0.25) is 0 Å². The predicted octanol–water partition coefficient (Wildman–Crippen LogP) is 2.59. The summed E-state index contributed by atoms with van der Waals surface area (Å²) in [5.41, 5.74) is 2.57. The molecule has 0 aliphatic carbocycles. The number of hydrogen-bond donors (Lipinski definition) is 2. The average molecular weight is 347 g/mol. The number of rotatable bonds is 4. The van der Waals surface area contributed by atoms with Crippen molar-refractivity contribution in [2.45, 2.75) is 45.2 Å². The molecule has 2 N–H and O–H groups in total. The molecule has 1 aromatic rings. The standard InChI is InChI=1S/C20H34N4O/c1-15(16-7-9-17(10-8-16)20(2,3)4)22-19(25)21-13-18-14-23(5)11-12-24(18)6/h7-10,15,18H,11-14H2,1-6H3,(H2,21,22,25)/t15-,18+/m0/s1. The van der Waals surface area contributed by atoms with Crippen molar-refractivity contribution in [3.05, 3.63) is 35.4 Å². The maximum atomic E-state index is 12.2. The van der Waals surface area contributed by atoms with Crippen molar-refractivity contribution in [3.63, 3.8) is 0 Å². The SMILES string of the molecule is C[C@H](NC(=O)NC[C@@H]1CN(C)CCN1C)c1ccc(C(C)(C)C)cc1. The molecule has 1 aliphatic heterocycles. The normalized spacial score (nSPS) is 21.0. The van der Waals surface area contributed by atoms with Crippen molar-refractivity contribution in [1.29, 1.82) is 0 Å². The van der Waals surface area contributed by atoms with Crippen LogP contribution in [-0.4, -0.2) is 62.1 Å². The third kappa shape index (κ3) is 5.72. The second kappa shape index (κ2) is 8.19. The van der Waals surface area contributed by atoms with Crippen LogP contribution in [0.3, 0.4) is 0 Å². The molecular formula is C20H34N4O. The van der Waals surface area contributed by atoms with Gasteiger partial charge in [0.25, 0.3) is 0 Å². The number of nitrogens with one attached hydrogen (secondary N) is 2. The van der Waals surface area contributed by atoms with Gasteiger partial charge in [-0.05, 0) is 37.6 Å². The van der Waals surface area contributed by atoms with Crippen LogP contribution < -0.4 is 10.6 Å². The Balaban J connectivity index is 1.83. The molecule has 2 rings (SSSR count). The van der Waals surface area contributed by atoms with Crippen LogP contribution in [0.5, 0.6) is 0 Å². The molecule has 5 nitrogen and oxygen atoms in total. The molecule has 1 saturated heterocycles. The van der Waals surface area contributed by atoms with Crippen LogP contribution in [-0.2, 0) is 5.41 Å². The molecule has 1 aliphatic rings. The van der Waals surface area contributed by atoms with Crippen molar-refractivity contribution in [2.75, 3.05) is 40.3 Å². The Bertz CT molecular complexity index is 564. The molecule has 1 aromatic carbocycles. The molecule has 0 saturated carbocycles. The van der Waals surface area contributed by atoms with E-state index in [1.807, 2.05) is 6.92 Å². The minimum Gasteiger partial charge on any atom is -0.337 e. The highest BCUT2D eigenvalue weighted by molar-refractivity contribution is 5.74. The minimum atomic E-state index is -0.103. The summed E-state index contributed by atoms with van der Waals surface area (Å²) in [5, 5.41) is 6.06. The summed E-state index contributed by atoms with van der Waals surface area (Å²) in [6.07, 6.45) is 0. The van der Waals surface area contributed by atoms with Crippen LogP contribution in [0.15, 0.2) is 24.3 Å². The van der Waals surface area contributed by atoms with E-state index in [0.717, 1.165) is 25.2 Å². The first-order chi connectivity index (χ1) is 11.7. The lowest BCUT2D eigenvalue weighted by Gasteiger charge is -2.37. The Morgan fingerprint density at radius 1 is 1.20 bits per heavy atom. The highest BCUT2D eigenvalue weighted by Crippen LogP contribution is 2.23. The lowest BCUT2D eigenvalue weighted by molar-refractivity contribution is 0.114. The molecule has 1 fully saturated rings. The number of carbonyl (C=O) groups excluding carboxylic acids is 1. The van der Waals surface area contributed by atoms with E-state index in [-0.39, 0.29) is 17.5 Å². The Labute approximate surface area is 152 Å². The van der Waals surface area contributed by atoms with Gasteiger partial charge in [0, 0.05) is 32.2 Å². The van der Waals surface area contributed by atoms with Crippen molar-refractivity contribution >= 4 is 6.03 Å². The number of hydrogen-bond acceptors (Lipinski definition) is 3. The van der Waals surface area contributed by atoms with Crippen LogP contribution in [0.4, 0.5) is 4.79 Å². The average Bonchev–Trinajstić information content (AvgIpc) is 2.55. The molecule has 2 atom stereocenters. The lowest BCUT2D eigenvalue weighted by atomic mass is 9.86. The lowest BCUT2D eigenvalue weighted by Crippen LogP contribution is -2.55. The maximum absolute atomic E-state index is 12.2. The molecular weight excluding hydrogens is 312 g/mol. The number of carbonyl (C=O) groups is 1. The summed E-state index contributed by atoms with van der Waals surface area (Å²) in [6, 6.07) is 8.77. The van der Waals surface area contributed by atoms with Gasteiger partial charge in [0.15, 0.2) is 0 Å². The second-order valence-corrected chi connectivity index (χ2v) is 8.34. The number of likely N-dealkylation sites (N-methyl/N-ethyl adjacent to an activating group) is 2. The van der Waals surface area contributed by atoms with Gasteiger partial charge in [-0.25, -0.2) is 4.79 Å². The topological polar surface area (TPSA) is 47.6 Å². The largest absolute Gasteiger partial charge is 0.337 e. The van der Waals surface area contributed by atoms with Gasteiger partial charge in [-0.15, -0.1) is 0 Å². The van der Waals surface area contributed by atoms with Gasteiger partial charge in [0.05, 0.1) is 6.04 Å². The molecule has 25 heavy (non-hydrogen) atoms.